The first kappa shape index (κ1) is 18.5. The lowest BCUT2D eigenvalue weighted by Crippen LogP contribution is -2.58. The lowest BCUT2D eigenvalue weighted by Gasteiger charge is -2.54. The summed E-state index contributed by atoms with van der Waals surface area (Å²) in [5, 5.41) is 3.47. The Balaban J connectivity index is 1.56. The Hall–Kier alpha value is -2.83. The lowest BCUT2D eigenvalue weighted by atomic mass is 9.72. The van der Waals surface area contributed by atoms with Gasteiger partial charge in [0.15, 0.2) is 0 Å². The van der Waals surface area contributed by atoms with Crippen LogP contribution in [0.3, 0.4) is 0 Å². The van der Waals surface area contributed by atoms with Crippen molar-refractivity contribution in [1.82, 2.24) is 10.2 Å². The van der Waals surface area contributed by atoms with E-state index < -0.39 is 0 Å². The molecule has 2 heterocycles. The van der Waals surface area contributed by atoms with Crippen molar-refractivity contribution in [3.8, 4) is 11.8 Å². The number of rotatable bonds is 3. The van der Waals surface area contributed by atoms with Crippen LogP contribution >= 0.6 is 0 Å². The maximum atomic E-state index is 4.56. The molecule has 0 aliphatic carbocycles. The van der Waals surface area contributed by atoms with Crippen molar-refractivity contribution < 1.29 is 0 Å². The molecule has 1 N–H and O–H groups in total. The molecule has 1 spiro atoms. The summed E-state index contributed by atoms with van der Waals surface area (Å²) in [4.78, 5) is 6.97. The van der Waals surface area contributed by atoms with Crippen molar-refractivity contribution in [1.29, 1.82) is 0 Å². The van der Waals surface area contributed by atoms with Crippen molar-refractivity contribution in [2.24, 2.45) is 10.4 Å². The molecule has 28 heavy (non-hydrogen) atoms. The van der Waals surface area contributed by atoms with E-state index in [4.69, 9.17) is 0 Å². The van der Waals surface area contributed by atoms with E-state index in [1.807, 2.05) is 49.5 Å². The van der Waals surface area contributed by atoms with E-state index in [-0.39, 0.29) is 0 Å². The third-order valence-corrected chi connectivity index (χ3v) is 5.80. The average Bonchev–Trinajstić information content (AvgIpc) is 2.72. The summed E-state index contributed by atoms with van der Waals surface area (Å²) in [6.07, 6.45) is 4.37. The fourth-order valence-corrected chi connectivity index (χ4v) is 4.16. The zero-order valence-electron chi connectivity index (χ0n) is 16.5. The first-order valence-electron chi connectivity index (χ1n) is 10.0. The third-order valence-electron chi connectivity index (χ3n) is 5.80. The minimum absolute atomic E-state index is 0.479. The summed E-state index contributed by atoms with van der Waals surface area (Å²) in [5.74, 6) is 6.53. The summed E-state index contributed by atoms with van der Waals surface area (Å²) in [6.45, 7) is 10.8. The fourth-order valence-electron chi connectivity index (χ4n) is 4.16. The van der Waals surface area contributed by atoms with Crippen molar-refractivity contribution >= 4 is 17.6 Å². The monoisotopic (exact) mass is 369 g/mol. The van der Waals surface area contributed by atoms with Crippen LogP contribution in [0.4, 0.5) is 5.69 Å². The van der Waals surface area contributed by atoms with Crippen molar-refractivity contribution in [3.63, 3.8) is 0 Å². The van der Waals surface area contributed by atoms with E-state index in [9.17, 15) is 0 Å². The van der Waals surface area contributed by atoms with Gasteiger partial charge in [-0.25, -0.2) is 0 Å². The van der Waals surface area contributed by atoms with E-state index in [2.05, 4.69) is 45.8 Å². The second-order valence-corrected chi connectivity index (χ2v) is 7.79. The minimum atomic E-state index is 0.479. The van der Waals surface area contributed by atoms with Gasteiger partial charge in [-0.05, 0) is 63.2 Å². The minimum Gasteiger partial charge on any atom is -0.370 e. The number of nitrogens with zero attached hydrogens (tertiary/aromatic N) is 2. The van der Waals surface area contributed by atoms with Gasteiger partial charge in [0.2, 0.25) is 0 Å². The van der Waals surface area contributed by atoms with E-state index in [0.29, 0.717) is 5.41 Å². The molecule has 2 aliphatic rings. The molecule has 0 aromatic heterocycles. The maximum Gasteiger partial charge on any atom is 0.0719 e. The van der Waals surface area contributed by atoms with E-state index in [1.165, 1.54) is 12.8 Å². The zero-order chi connectivity index (χ0) is 19.4. The van der Waals surface area contributed by atoms with Crippen LogP contribution in [0.15, 0.2) is 60.1 Å². The molecule has 142 valence electrons. The SMILES string of the molecule is C=C(c1cc(C#Cc2ccccc2)ccc1/N=C\C)N1CC2(CCNCC2)C1. The Morgan fingerprint density at radius 1 is 1.07 bits per heavy atom. The van der Waals surface area contributed by atoms with Crippen molar-refractivity contribution in [2.75, 3.05) is 26.2 Å². The molecule has 2 aliphatic heterocycles. The normalized spacial score (nSPS) is 17.8. The Morgan fingerprint density at radius 3 is 2.50 bits per heavy atom. The number of hydrogen-bond donors (Lipinski definition) is 1. The van der Waals surface area contributed by atoms with E-state index >= 15 is 0 Å². The summed E-state index contributed by atoms with van der Waals surface area (Å²) in [5.41, 5.74) is 5.60. The highest BCUT2D eigenvalue weighted by molar-refractivity contribution is 5.77. The van der Waals surface area contributed by atoms with Crippen LogP contribution < -0.4 is 5.32 Å². The van der Waals surface area contributed by atoms with Gasteiger partial charge in [-0.3, -0.25) is 4.99 Å². The summed E-state index contributed by atoms with van der Waals surface area (Å²) >= 11 is 0. The van der Waals surface area contributed by atoms with Crippen LogP contribution in [0, 0.1) is 17.3 Å². The molecule has 0 amide bonds. The van der Waals surface area contributed by atoms with Crippen LogP contribution in [0.25, 0.3) is 5.70 Å². The summed E-state index contributed by atoms with van der Waals surface area (Å²) in [6, 6.07) is 16.3. The van der Waals surface area contributed by atoms with Gasteiger partial charge < -0.3 is 10.2 Å². The predicted octanol–water partition coefficient (Wildman–Crippen LogP) is 4.46. The number of aliphatic imine (C=N–C) groups is 1. The maximum absolute atomic E-state index is 4.56. The number of benzene rings is 2. The fraction of sp³-hybridized carbons (Fsp3) is 0.320. The van der Waals surface area contributed by atoms with Gasteiger partial charge in [0, 0.05) is 47.1 Å². The molecule has 2 fully saturated rings. The van der Waals surface area contributed by atoms with Gasteiger partial charge in [0.25, 0.3) is 0 Å². The molecule has 2 saturated heterocycles. The first-order chi connectivity index (χ1) is 13.7. The lowest BCUT2D eigenvalue weighted by molar-refractivity contribution is 0.0201. The average molecular weight is 370 g/mol. The Labute approximate surface area is 168 Å². The largest absolute Gasteiger partial charge is 0.370 e. The van der Waals surface area contributed by atoms with E-state index in [0.717, 1.165) is 54.3 Å². The van der Waals surface area contributed by atoms with Gasteiger partial charge >= 0.3 is 0 Å². The van der Waals surface area contributed by atoms with Crippen molar-refractivity contribution in [2.45, 2.75) is 19.8 Å². The molecule has 2 aromatic rings. The van der Waals surface area contributed by atoms with Gasteiger partial charge in [0.1, 0.15) is 0 Å². The van der Waals surface area contributed by atoms with Crippen LogP contribution in [0.2, 0.25) is 0 Å². The molecule has 0 atom stereocenters. The van der Waals surface area contributed by atoms with Crippen LogP contribution in [0.1, 0.15) is 36.5 Å². The summed E-state index contributed by atoms with van der Waals surface area (Å²) < 4.78 is 0. The molecule has 2 aromatic carbocycles. The van der Waals surface area contributed by atoms with E-state index in [1.54, 1.807) is 0 Å². The molecule has 3 nitrogen and oxygen atoms in total. The molecular weight excluding hydrogens is 342 g/mol. The molecular formula is C25H27N3. The highest BCUT2D eigenvalue weighted by Gasteiger charge is 2.44. The Bertz CT molecular complexity index is 933. The Morgan fingerprint density at radius 2 is 1.79 bits per heavy atom. The van der Waals surface area contributed by atoms with Crippen molar-refractivity contribution in [3.05, 3.63) is 71.8 Å². The number of hydrogen-bond acceptors (Lipinski definition) is 3. The Kier molecular flexibility index (Phi) is 5.32. The van der Waals surface area contributed by atoms with Crippen LogP contribution in [0.5, 0.6) is 0 Å². The van der Waals surface area contributed by atoms with Crippen LogP contribution in [-0.2, 0) is 0 Å². The zero-order valence-corrected chi connectivity index (χ0v) is 16.5. The highest BCUT2D eigenvalue weighted by atomic mass is 15.2. The number of likely N-dealkylation sites (tertiary alicyclic amines) is 1. The van der Waals surface area contributed by atoms with Gasteiger partial charge in [0.05, 0.1) is 5.69 Å². The van der Waals surface area contributed by atoms with Gasteiger partial charge in [-0.1, -0.05) is 36.6 Å². The smallest absolute Gasteiger partial charge is 0.0719 e. The number of nitrogens with one attached hydrogen (secondary N) is 1. The molecule has 0 saturated carbocycles. The topological polar surface area (TPSA) is 27.6 Å². The standard InChI is InChI=1S/C25H27N3/c1-3-27-24-12-11-22(10-9-21-7-5-4-6-8-21)17-23(24)20(2)28-18-25(19-28)13-15-26-16-14-25/h3-8,11-12,17,26H,2,13-16,18-19H2,1H3/b27-3-. The molecule has 0 radical (unpaired) electrons. The van der Waals surface area contributed by atoms with Gasteiger partial charge in [-0.2, -0.15) is 0 Å². The van der Waals surface area contributed by atoms with Gasteiger partial charge in [-0.15, -0.1) is 0 Å². The second-order valence-electron chi connectivity index (χ2n) is 7.79. The first-order valence-corrected chi connectivity index (χ1v) is 10.0. The molecule has 0 bridgehead atoms. The highest BCUT2D eigenvalue weighted by Crippen LogP contribution is 2.43. The summed E-state index contributed by atoms with van der Waals surface area (Å²) in [7, 11) is 0. The number of piperidine rings is 1. The third kappa shape index (κ3) is 3.88. The predicted molar refractivity (Wildman–Crippen MR) is 118 cm³/mol. The second kappa shape index (κ2) is 8.04. The molecule has 0 unspecified atom stereocenters. The molecule has 3 heteroatoms. The molecule has 4 rings (SSSR count). The van der Waals surface area contributed by atoms with Crippen LogP contribution in [-0.4, -0.2) is 37.3 Å². The quantitative estimate of drug-likeness (QED) is 0.639.